The molecule has 1 unspecified atom stereocenters. The summed E-state index contributed by atoms with van der Waals surface area (Å²) in [5.41, 5.74) is 1.05. The van der Waals surface area contributed by atoms with Gasteiger partial charge in [-0.15, -0.1) is 11.3 Å². The van der Waals surface area contributed by atoms with E-state index in [1.165, 1.54) is 18.4 Å². The first kappa shape index (κ1) is 20.1. The Labute approximate surface area is 174 Å². The van der Waals surface area contributed by atoms with Crippen LogP contribution in [0, 0.1) is 0 Å². The molecule has 2 aromatic rings. The highest BCUT2D eigenvalue weighted by Gasteiger charge is 2.48. The third-order valence-electron chi connectivity index (χ3n) is 4.88. The molecule has 154 valence electrons. The van der Waals surface area contributed by atoms with Crippen molar-refractivity contribution in [2.75, 3.05) is 25.5 Å². The fraction of sp³-hybridized carbons (Fsp3) is 0.368. The van der Waals surface area contributed by atoms with Crippen molar-refractivity contribution in [1.82, 2.24) is 4.90 Å². The van der Waals surface area contributed by atoms with E-state index in [9.17, 15) is 18.4 Å². The maximum Gasteiger partial charge on any atom is 0.282 e. The number of nitrogens with one attached hydrogen (secondary N) is 1. The molecule has 1 aromatic carbocycles. The average molecular weight is 443 g/mol. The summed E-state index contributed by atoms with van der Waals surface area (Å²) in [7, 11) is 1.40. The summed E-state index contributed by atoms with van der Waals surface area (Å²) in [6.07, 6.45) is -0.367. The molecule has 1 aromatic heterocycles. The molecule has 0 aliphatic carbocycles. The number of carbonyl (C=O) groups is 2. The van der Waals surface area contributed by atoms with Crippen molar-refractivity contribution in [3.05, 3.63) is 44.8 Å². The molecule has 1 N–H and O–H groups in total. The summed E-state index contributed by atoms with van der Waals surface area (Å²) in [5, 5.41) is 3.31. The molecule has 4 rings (SSSR count). The number of rotatable bonds is 4. The lowest BCUT2D eigenvalue weighted by atomic mass is 10.0. The van der Waals surface area contributed by atoms with E-state index in [1.807, 2.05) is 0 Å². The van der Waals surface area contributed by atoms with Crippen LogP contribution in [0.5, 0.6) is 5.75 Å². The standard InChI is InChI=1S/C19H17ClF2N2O4S/c1-9-13-12(6-28-9)29-17(14(13)18(26)24-7-19(21,22)8-24)23-16(25)10-4-3-5-11(20)15(10)27-2/h3-5,9H,6-8H2,1-2H3,(H,23,25). The number of anilines is 1. The maximum absolute atomic E-state index is 13.3. The van der Waals surface area contributed by atoms with Gasteiger partial charge in [0.25, 0.3) is 17.7 Å². The van der Waals surface area contributed by atoms with Crippen molar-refractivity contribution in [2.24, 2.45) is 0 Å². The van der Waals surface area contributed by atoms with Crippen LogP contribution in [-0.4, -0.2) is 42.8 Å². The van der Waals surface area contributed by atoms with Crippen LogP contribution in [0.3, 0.4) is 0 Å². The number of nitrogens with zero attached hydrogens (tertiary/aromatic N) is 1. The Morgan fingerprint density at radius 2 is 2.10 bits per heavy atom. The number of thiophene rings is 1. The minimum absolute atomic E-state index is 0.201. The number of hydrogen-bond donors (Lipinski definition) is 1. The molecule has 2 aliphatic rings. The largest absolute Gasteiger partial charge is 0.494 e. The van der Waals surface area contributed by atoms with Crippen LogP contribution in [-0.2, 0) is 11.3 Å². The lowest BCUT2D eigenvalue weighted by Crippen LogP contribution is -2.58. The van der Waals surface area contributed by atoms with Gasteiger partial charge in [0.15, 0.2) is 0 Å². The van der Waals surface area contributed by atoms with E-state index in [4.69, 9.17) is 21.1 Å². The molecule has 0 radical (unpaired) electrons. The van der Waals surface area contributed by atoms with Crippen LogP contribution in [0.25, 0.3) is 0 Å². The molecule has 10 heteroatoms. The third-order valence-corrected chi connectivity index (χ3v) is 6.27. The minimum atomic E-state index is -2.88. The zero-order chi connectivity index (χ0) is 20.9. The molecule has 0 spiro atoms. The molecule has 6 nitrogen and oxygen atoms in total. The van der Waals surface area contributed by atoms with Crippen molar-refractivity contribution in [1.29, 1.82) is 0 Å². The number of halogens is 3. The fourth-order valence-corrected chi connectivity index (χ4v) is 4.94. The van der Waals surface area contributed by atoms with Crippen molar-refractivity contribution < 1.29 is 27.8 Å². The summed E-state index contributed by atoms with van der Waals surface area (Å²) in [6.45, 7) is 0.808. The van der Waals surface area contributed by atoms with Crippen molar-refractivity contribution in [3.8, 4) is 5.75 Å². The minimum Gasteiger partial charge on any atom is -0.494 e. The highest BCUT2D eigenvalue weighted by atomic mass is 35.5. The molecule has 1 fully saturated rings. The first-order chi connectivity index (χ1) is 13.7. The van der Waals surface area contributed by atoms with Gasteiger partial charge in [0.1, 0.15) is 10.8 Å². The number of alkyl halides is 2. The molecular weight excluding hydrogens is 426 g/mol. The number of hydrogen-bond acceptors (Lipinski definition) is 5. The van der Waals surface area contributed by atoms with Gasteiger partial charge < -0.3 is 19.7 Å². The van der Waals surface area contributed by atoms with Crippen molar-refractivity contribution in [3.63, 3.8) is 0 Å². The van der Waals surface area contributed by atoms with Crippen molar-refractivity contribution >= 4 is 39.8 Å². The number of likely N-dealkylation sites (tertiary alicyclic amines) is 1. The van der Waals surface area contributed by atoms with Crippen LogP contribution in [0.1, 0.15) is 44.2 Å². The molecule has 3 heterocycles. The molecule has 29 heavy (non-hydrogen) atoms. The van der Waals surface area contributed by atoms with Gasteiger partial charge >= 0.3 is 0 Å². The number of ether oxygens (including phenoxy) is 2. The number of benzene rings is 1. The number of fused-ring (bicyclic) bond motifs is 1. The second-order valence-electron chi connectivity index (χ2n) is 6.89. The summed E-state index contributed by atoms with van der Waals surface area (Å²) >= 11 is 7.29. The van der Waals surface area contributed by atoms with Gasteiger partial charge in [0, 0.05) is 10.4 Å². The van der Waals surface area contributed by atoms with Crippen LogP contribution >= 0.6 is 22.9 Å². The molecule has 2 aliphatic heterocycles. The van der Waals surface area contributed by atoms with Crippen LogP contribution in [0.2, 0.25) is 5.02 Å². The van der Waals surface area contributed by atoms with Gasteiger partial charge in [-0.25, -0.2) is 8.78 Å². The first-order valence-corrected chi connectivity index (χ1v) is 9.99. The Morgan fingerprint density at radius 1 is 1.38 bits per heavy atom. The molecule has 1 atom stereocenters. The SMILES string of the molecule is COc1c(Cl)cccc1C(=O)Nc1sc2c(c1C(=O)N1CC(F)(F)C1)C(C)OC2. The molecule has 0 saturated carbocycles. The third kappa shape index (κ3) is 3.47. The topological polar surface area (TPSA) is 67.9 Å². The van der Waals surface area contributed by atoms with E-state index in [0.717, 1.165) is 9.78 Å². The van der Waals surface area contributed by atoms with E-state index in [0.29, 0.717) is 17.2 Å². The molecule has 1 saturated heterocycles. The van der Waals surface area contributed by atoms with Gasteiger partial charge in [-0.3, -0.25) is 9.59 Å². The Hall–Kier alpha value is -2.23. The number of methoxy groups -OCH3 is 1. The van der Waals surface area contributed by atoms with E-state index in [1.54, 1.807) is 25.1 Å². The monoisotopic (exact) mass is 442 g/mol. The predicted molar refractivity (Wildman–Crippen MR) is 104 cm³/mol. The number of amides is 2. The van der Waals surface area contributed by atoms with E-state index in [2.05, 4.69) is 5.32 Å². The maximum atomic E-state index is 13.3. The second kappa shape index (κ2) is 7.23. The molecule has 0 bridgehead atoms. The Balaban J connectivity index is 1.68. The summed E-state index contributed by atoms with van der Waals surface area (Å²) in [4.78, 5) is 27.7. The lowest BCUT2D eigenvalue weighted by Gasteiger charge is -2.38. The molecular formula is C19H17ClF2N2O4S. The highest BCUT2D eigenvalue weighted by Crippen LogP contribution is 2.45. The summed E-state index contributed by atoms with van der Waals surface area (Å²) < 4.78 is 37.3. The Morgan fingerprint density at radius 3 is 2.76 bits per heavy atom. The van der Waals surface area contributed by atoms with E-state index < -0.39 is 30.8 Å². The van der Waals surface area contributed by atoms with Gasteiger partial charge in [0.2, 0.25) is 0 Å². The normalized spacial score (nSPS) is 19.5. The van der Waals surface area contributed by atoms with E-state index in [-0.39, 0.29) is 28.0 Å². The van der Waals surface area contributed by atoms with Gasteiger partial charge in [-0.1, -0.05) is 17.7 Å². The molecule has 2 amide bonds. The average Bonchev–Trinajstić information content (AvgIpc) is 3.18. The van der Waals surface area contributed by atoms with E-state index >= 15 is 0 Å². The van der Waals surface area contributed by atoms with Crippen molar-refractivity contribution in [2.45, 2.75) is 25.6 Å². The van der Waals surface area contributed by atoms with Gasteiger partial charge in [-0.2, -0.15) is 0 Å². The van der Waals surface area contributed by atoms with Gasteiger partial charge in [-0.05, 0) is 19.1 Å². The van der Waals surface area contributed by atoms with Crippen LogP contribution in [0.15, 0.2) is 18.2 Å². The lowest BCUT2D eigenvalue weighted by molar-refractivity contribution is -0.113. The second-order valence-corrected chi connectivity index (χ2v) is 8.40. The Bertz CT molecular complexity index is 1000. The summed E-state index contributed by atoms with van der Waals surface area (Å²) in [6, 6.07) is 4.75. The van der Waals surface area contributed by atoms with Gasteiger partial charge in [0.05, 0.1) is 49.1 Å². The summed E-state index contributed by atoms with van der Waals surface area (Å²) in [5.74, 6) is -3.73. The quantitative estimate of drug-likeness (QED) is 0.764. The highest BCUT2D eigenvalue weighted by molar-refractivity contribution is 7.17. The Kier molecular flexibility index (Phi) is 5.00. The fourth-order valence-electron chi connectivity index (χ4n) is 3.49. The van der Waals surface area contributed by atoms with Crippen LogP contribution in [0.4, 0.5) is 13.8 Å². The van der Waals surface area contributed by atoms with Crippen LogP contribution < -0.4 is 10.1 Å². The smallest absolute Gasteiger partial charge is 0.282 e. The first-order valence-electron chi connectivity index (χ1n) is 8.80. The predicted octanol–water partition coefficient (Wildman–Crippen LogP) is 4.34. The number of carbonyl (C=O) groups excluding carboxylic acids is 2. The number of para-hydroxylation sites is 1. The zero-order valence-electron chi connectivity index (χ0n) is 15.6. The zero-order valence-corrected chi connectivity index (χ0v) is 17.1.